The molecule has 1 aliphatic rings. The lowest BCUT2D eigenvalue weighted by Crippen LogP contribution is -2.46. The van der Waals surface area contributed by atoms with Crippen LogP contribution in [-0.2, 0) is 9.59 Å². The van der Waals surface area contributed by atoms with Crippen LogP contribution in [0.2, 0.25) is 0 Å². The van der Waals surface area contributed by atoms with E-state index in [1.807, 2.05) is 6.92 Å². The molecule has 1 aliphatic heterocycles. The second-order valence-corrected chi connectivity index (χ2v) is 3.00. The lowest BCUT2D eigenvalue weighted by molar-refractivity contribution is -0.144. The molecular formula is C7H11NO3. The minimum absolute atomic E-state index is 0.156. The number of amides is 1. The first kappa shape index (κ1) is 8.04. The molecule has 0 spiro atoms. The van der Waals surface area contributed by atoms with E-state index in [1.165, 1.54) is 0 Å². The van der Waals surface area contributed by atoms with Gasteiger partial charge in [-0.25, -0.2) is 4.79 Å². The molecule has 11 heavy (non-hydrogen) atoms. The number of aliphatic carboxylic acids is 1. The smallest absolute Gasteiger partial charge is 0.326 e. The Morgan fingerprint density at radius 1 is 1.73 bits per heavy atom. The molecule has 2 atom stereocenters. The first-order valence-corrected chi connectivity index (χ1v) is 3.61. The summed E-state index contributed by atoms with van der Waals surface area (Å²) in [6.07, 6.45) is 0.991. The minimum atomic E-state index is -0.940. The van der Waals surface area contributed by atoms with Gasteiger partial charge >= 0.3 is 5.97 Å². The molecule has 1 rings (SSSR count). The molecule has 1 saturated heterocycles. The van der Waals surface area contributed by atoms with Gasteiger partial charge in [-0.05, 0) is 12.3 Å². The Bertz CT molecular complexity index is 190. The van der Waals surface area contributed by atoms with E-state index < -0.39 is 12.0 Å². The van der Waals surface area contributed by atoms with Crippen LogP contribution in [0.1, 0.15) is 19.8 Å². The summed E-state index contributed by atoms with van der Waals surface area (Å²) in [4.78, 5) is 21.2. The predicted octanol–water partition coefficient (Wildman–Crippen LogP) is -0.0143. The predicted molar refractivity (Wildman–Crippen MR) is 38.0 cm³/mol. The molecule has 1 fully saturated rings. The van der Waals surface area contributed by atoms with Crippen LogP contribution < -0.4 is 5.32 Å². The summed E-state index contributed by atoms with van der Waals surface area (Å²) < 4.78 is 0. The van der Waals surface area contributed by atoms with Gasteiger partial charge in [-0.15, -0.1) is 0 Å². The molecule has 0 radical (unpaired) electrons. The molecule has 0 saturated carbocycles. The molecule has 0 aromatic rings. The Kier molecular flexibility index (Phi) is 2.12. The van der Waals surface area contributed by atoms with Crippen molar-refractivity contribution in [2.45, 2.75) is 25.8 Å². The maximum Gasteiger partial charge on any atom is 0.326 e. The summed E-state index contributed by atoms with van der Waals surface area (Å²) >= 11 is 0. The molecule has 0 aromatic carbocycles. The van der Waals surface area contributed by atoms with Crippen molar-refractivity contribution in [3.05, 3.63) is 0 Å². The van der Waals surface area contributed by atoms with Gasteiger partial charge in [0.2, 0.25) is 5.91 Å². The number of carboxylic acids is 1. The van der Waals surface area contributed by atoms with Crippen LogP contribution in [-0.4, -0.2) is 23.0 Å². The van der Waals surface area contributed by atoms with Crippen LogP contribution in [0.5, 0.6) is 0 Å². The number of hydrogen-bond donors (Lipinski definition) is 2. The van der Waals surface area contributed by atoms with Crippen molar-refractivity contribution in [1.29, 1.82) is 0 Å². The van der Waals surface area contributed by atoms with Crippen molar-refractivity contribution in [1.82, 2.24) is 5.32 Å². The standard InChI is InChI=1S/C7H11NO3/c1-4-2-5(7(10)11)8-6(9)3-4/h4-5H,2-3H2,1H3,(H,8,9)(H,10,11)/t4-,5-/m0/s1. The summed E-state index contributed by atoms with van der Waals surface area (Å²) in [6, 6.07) is -0.675. The van der Waals surface area contributed by atoms with E-state index in [-0.39, 0.29) is 11.8 Å². The molecule has 2 N–H and O–H groups in total. The summed E-state index contributed by atoms with van der Waals surface area (Å²) in [5.41, 5.74) is 0. The number of hydrogen-bond acceptors (Lipinski definition) is 2. The number of carbonyl (C=O) groups is 2. The second kappa shape index (κ2) is 2.90. The van der Waals surface area contributed by atoms with E-state index in [9.17, 15) is 9.59 Å². The summed E-state index contributed by atoms with van der Waals surface area (Å²) in [5, 5.41) is 11.0. The fourth-order valence-electron chi connectivity index (χ4n) is 1.28. The third-order valence-electron chi connectivity index (χ3n) is 1.81. The third-order valence-corrected chi connectivity index (χ3v) is 1.81. The maximum absolute atomic E-state index is 10.8. The summed E-state index contributed by atoms with van der Waals surface area (Å²) in [7, 11) is 0. The minimum Gasteiger partial charge on any atom is -0.480 e. The van der Waals surface area contributed by atoms with Crippen molar-refractivity contribution in [3.8, 4) is 0 Å². The molecule has 62 valence electrons. The van der Waals surface area contributed by atoms with E-state index >= 15 is 0 Å². The Hall–Kier alpha value is -1.06. The van der Waals surface area contributed by atoms with Crippen molar-refractivity contribution in [2.75, 3.05) is 0 Å². The fraction of sp³-hybridized carbons (Fsp3) is 0.714. The largest absolute Gasteiger partial charge is 0.480 e. The van der Waals surface area contributed by atoms with Crippen LogP contribution in [0.4, 0.5) is 0 Å². The summed E-state index contributed by atoms with van der Waals surface area (Å²) in [6.45, 7) is 1.88. The Morgan fingerprint density at radius 3 is 2.82 bits per heavy atom. The van der Waals surface area contributed by atoms with Gasteiger partial charge in [-0.1, -0.05) is 6.92 Å². The van der Waals surface area contributed by atoms with Crippen LogP contribution in [0.15, 0.2) is 0 Å². The summed E-state index contributed by atoms with van der Waals surface area (Å²) in [5.74, 6) is -0.911. The SMILES string of the molecule is C[C@@H]1CC(=O)N[C@H](C(=O)O)C1. The molecule has 0 aliphatic carbocycles. The normalized spacial score (nSPS) is 31.2. The second-order valence-electron chi connectivity index (χ2n) is 3.00. The van der Waals surface area contributed by atoms with Gasteiger partial charge in [0, 0.05) is 6.42 Å². The molecule has 0 aromatic heterocycles. The number of carbonyl (C=O) groups excluding carboxylic acids is 1. The first-order valence-electron chi connectivity index (χ1n) is 3.61. The van der Waals surface area contributed by atoms with Crippen LogP contribution in [0.25, 0.3) is 0 Å². The quantitative estimate of drug-likeness (QED) is 0.562. The number of nitrogens with one attached hydrogen (secondary N) is 1. The zero-order valence-corrected chi connectivity index (χ0v) is 6.33. The zero-order valence-electron chi connectivity index (χ0n) is 6.33. The zero-order chi connectivity index (χ0) is 8.43. The molecule has 0 unspecified atom stereocenters. The molecule has 0 bridgehead atoms. The lowest BCUT2D eigenvalue weighted by atomic mass is 9.94. The highest BCUT2D eigenvalue weighted by Gasteiger charge is 2.28. The highest BCUT2D eigenvalue weighted by Crippen LogP contribution is 2.15. The van der Waals surface area contributed by atoms with E-state index in [0.29, 0.717) is 12.8 Å². The van der Waals surface area contributed by atoms with Gasteiger partial charge in [0.15, 0.2) is 0 Å². The van der Waals surface area contributed by atoms with Crippen molar-refractivity contribution in [2.24, 2.45) is 5.92 Å². The van der Waals surface area contributed by atoms with Gasteiger partial charge < -0.3 is 10.4 Å². The molecule has 4 heteroatoms. The number of piperidine rings is 1. The maximum atomic E-state index is 10.8. The van der Waals surface area contributed by atoms with Gasteiger partial charge in [-0.2, -0.15) is 0 Å². The van der Waals surface area contributed by atoms with Crippen LogP contribution >= 0.6 is 0 Å². The number of rotatable bonds is 1. The van der Waals surface area contributed by atoms with E-state index in [2.05, 4.69) is 5.32 Å². The number of carboxylic acid groups (broad SMARTS) is 1. The van der Waals surface area contributed by atoms with Crippen molar-refractivity contribution in [3.63, 3.8) is 0 Å². The van der Waals surface area contributed by atoms with E-state index in [4.69, 9.17) is 5.11 Å². The van der Waals surface area contributed by atoms with Crippen LogP contribution in [0.3, 0.4) is 0 Å². The topological polar surface area (TPSA) is 66.4 Å². The van der Waals surface area contributed by atoms with Gasteiger partial charge in [0.05, 0.1) is 0 Å². The fourth-order valence-corrected chi connectivity index (χ4v) is 1.28. The lowest BCUT2D eigenvalue weighted by Gasteiger charge is -2.24. The van der Waals surface area contributed by atoms with E-state index in [1.54, 1.807) is 0 Å². The molecule has 1 amide bonds. The Balaban J connectivity index is 2.56. The first-order chi connectivity index (χ1) is 5.09. The third kappa shape index (κ3) is 1.93. The van der Waals surface area contributed by atoms with Crippen LogP contribution in [0, 0.1) is 5.92 Å². The average molecular weight is 157 g/mol. The highest BCUT2D eigenvalue weighted by atomic mass is 16.4. The highest BCUT2D eigenvalue weighted by molar-refractivity contribution is 5.84. The van der Waals surface area contributed by atoms with E-state index in [0.717, 1.165) is 0 Å². The van der Waals surface area contributed by atoms with Gasteiger partial charge in [0.25, 0.3) is 0 Å². The van der Waals surface area contributed by atoms with Crippen molar-refractivity contribution < 1.29 is 14.7 Å². The van der Waals surface area contributed by atoms with Crippen molar-refractivity contribution >= 4 is 11.9 Å². The Labute approximate surface area is 64.6 Å². The monoisotopic (exact) mass is 157 g/mol. The Morgan fingerprint density at radius 2 is 2.36 bits per heavy atom. The average Bonchev–Trinajstić information content (AvgIpc) is 1.85. The molecule has 4 nitrogen and oxygen atoms in total. The van der Waals surface area contributed by atoms with Gasteiger partial charge in [-0.3, -0.25) is 4.79 Å². The molecular weight excluding hydrogens is 146 g/mol. The molecule has 1 heterocycles. The van der Waals surface area contributed by atoms with Gasteiger partial charge in [0.1, 0.15) is 6.04 Å².